The van der Waals surface area contributed by atoms with Gasteiger partial charge in [-0.05, 0) is 25.5 Å². The Balaban J connectivity index is 2.19. The first-order valence-corrected chi connectivity index (χ1v) is 7.17. The Morgan fingerprint density at radius 2 is 2.35 bits per heavy atom. The minimum absolute atomic E-state index is 0.349. The van der Waals surface area contributed by atoms with E-state index in [1.54, 1.807) is 12.3 Å². The molecule has 1 aromatic heterocycles. The lowest BCUT2D eigenvalue weighted by molar-refractivity contribution is 0.637. The third-order valence-electron chi connectivity index (χ3n) is 3.03. The number of nitrogens with zero attached hydrogens (tertiary/aromatic N) is 3. The lowest BCUT2D eigenvalue weighted by Gasteiger charge is -2.27. The maximum atomic E-state index is 11.5. The summed E-state index contributed by atoms with van der Waals surface area (Å²) in [6, 6.07) is 6.05. The van der Waals surface area contributed by atoms with Crippen molar-refractivity contribution in [2.45, 2.75) is 19.4 Å². The van der Waals surface area contributed by atoms with Gasteiger partial charge in [-0.25, -0.2) is 4.98 Å². The molecule has 0 bridgehead atoms. The molecule has 0 radical (unpaired) electrons. The molecule has 1 fully saturated rings. The fraction of sp³-hybridized carbons (Fsp3) is 0.500. The van der Waals surface area contributed by atoms with Crippen LogP contribution >= 0.6 is 0 Å². The third kappa shape index (κ3) is 2.83. The van der Waals surface area contributed by atoms with Gasteiger partial charge in [0, 0.05) is 41.1 Å². The number of hydrogen-bond donors (Lipinski definition) is 0. The predicted octanol–water partition coefficient (Wildman–Crippen LogP) is 1.30. The maximum Gasteiger partial charge on any atom is 0.128 e. The highest BCUT2D eigenvalue weighted by Crippen LogP contribution is 2.18. The first-order valence-electron chi connectivity index (χ1n) is 5.68. The van der Waals surface area contributed by atoms with Crippen molar-refractivity contribution in [3.63, 3.8) is 0 Å². The van der Waals surface area contributed by atoms with E-state index in [9.17, 15) is 4.21 Å². The normalized spacial score (nSPS) is 25.1. The van der Waals surface area contributed by atoms with Crippen LogP contribution in [-0.4, -0.2) is 33.3 Å². The summed E-state index contributed by atoms with van der Waals surface area (Å²) in [6.07, 6.45) is 2.51. The summed E-state index contributed by atoms with van der Waals surface area (Å²) in [6.45, 7) is 2.90. The van der Waals surface area contributed by atoms with Gasteiger partial charge in [0.25, 0.3) is 0 Å². The van der Waals surface area contributed by atoms with Crippen molar-refractivity contribution < 1.29 is 4.21 Å². The van der Waals surface area contributed by atoms with E-state index < -0.39 is 10.8 Å². The summed E-state index contributed by atoms with van der Waals surface area (Å²) < 4.78 is 11.5. The van der Waals surface area contributed by atoms with Gasteiger partial charge in [-0.3, -0.25) is 4.21 Å². The molecule has 1 aromatic rings. The van der Waals surface area contributed by atoms with Gasteiger partial charge >= 0.3 is 0 Å². The quantitative estimate of drug-likeness (QED) is 0.753. The Bertz CT molecular complexity index is 452. The highest BCUT2D eigenvalue weighted by atomic mass is 32.2. The molecule has 2 heterocycles. The minimum atomic E-state index is -0.701. The summed E-state index contributed by atoms with van der Waals surface area (Å²) in [5, 5.41) is 8.73. The molecule has 0 spiro atoms. The molecule has 0 N–H and O–H groups in total. The van der Waals surface area contributed by atoms with Crippen molar-refractivity contribution in [2.75, 3.05) is 23.0 Å². The van der Waals surface area contributed by atoms with Crippen LogP contribution in [0.5, 0.6) is 0 Å². The fourth-order valence-corrected chi connectivity index (χ4v) is 3.15. The molecule has 1 aliphatic heterocycles. The number of rotatable bonds is 1. The minimum Gasteiger partial charge on any atom is -0.353 e. The summed E-state index contributed by atoms with van der Waals surface area (Å²) in [4.78, 5) is 6.47. The average Bonchev–Trinajstić information content (AvgIpc) is 2.52. The van der Waals surface area contributed by atoms with Crippen LogP contribution in [0.25, 0.3) is 0 Å². The first-order chi connectivity index (χ1) is 8.20. The van der Waals surface area contributed by atoms with E-state index >= 15 is 0 Å². The molecule has 0 amide bonds. The van der Waals surface area contributed by atoms with Crippen LogP contribution in [0, 0.1) is 11.3 Å². The molecule has 0 aromatic carbocycles. The number of pyridine rings is 1. The molecule has 1 aliphatic rings. The van der Waals surface area contributed by atoms with E-state index in [2.05, 4.69) is 22.9 Å². The van der Waals surface area contributed by atoms with Crippen LogP contribution in [-0.2, 0) is 10.8 Å². The lowest BCUT2D eigenvalue weighted by Crippen LogP contribution is -2.34. The van der Waals surface area contributed by atoms with Gasteiger partial charge in [-0.1, -0.05) is 0 Å². The largest absolute Gasteiger partial charge is 0.353 e. The van der Waals surface area contributed by atoms with E-state index in [-0.39, 0.29) is 0 Å². The maximum absolute atomic E-state index is 11.5. The molecule has 0 saturated carbocycles. The van der Waals surface area contributed by atoms with Gasteiger partial charge in [0.1, 0.15) is 11.9 Å². The summed E-state index contributed by atoms with van der Waals surface area (Å²) in [5.74, 6) is 2.34. The molecule has 5 heteroatoms. The summed E-state index contributed by atoms with van der Waals surface area (Å²) in [5.41, 5.74) is 0.569. The monoisotopic (exact) mass is 249 g/mol. The predicted molar refractivity (Wildman–Crippen MR) is 68.3 cm³/mol. The average molecular weight is 249 g/mol. The third-order valence-corrected chi connectivity index (χ3v) is 4.36. The molecular weight excluding hydrogens is 234 g/mol. The van der Waals surface area contributed by atoms with Gasteiger partial charge in [0.05, 0.1) is 5.56 Å². The molecular formula is C12H15N3OS. The van der Waals surface area contributed by atoms with E-state index in [0.29, 0.717) is 17.4 Å². The van der Waals surface area contributed by atoms with Crippen molar-refractivity contribution >= 4 is 16.6 Å². The van der Waals surface area contributed by atoms with Crippen LogP contribution in [0.4, 0.5) is 5.82 Å². The van der Waals surface area contributed by atoms with Gasteiger partial charge in [-0.15, -0.1) is 0 Å². The van der Waals surface area contributed by atoms with Gasteiger partial charge in [0.15, 0.2) is 0 Å². The van der Waals surface area contributed by atoms with Crippen LogP contribution in [0.1, 0.15) is 18.9 Å². The molecule has 1 saturated heterocycles. The second kappa shape index (κ2) is 5.28. The van der Waals surface area contributed by atoms with Crippen LogP contribution in [0.15, 0.2) is 18.3 Å². The van der Waals surface area contributed by atoms with E-state index in [0.717, 1.165) is 24.5 Å². The van der Waals surface area contributed by atoms with E-state index in [1.807, 2.05) is 6.07 Å². The Morgan fingerprint density at radius 3 is 3.00 bits per heavy atom. The van der Waals surface area contributed by atoms with Crippen molar-refractivity contribution in [1.82, 2.24) is 4.98 Å². The first kappa shape index (κ1) is 12.1. The van der Waals surface area contributed by atoms with Gasteiger partial charge in [-0.2, -0.15) is 5.26 Å². The van der Waals surface area contributed by atoms with Crippen molar-refractivity contribution in [3.8, 4) is 6.07 Å². The molecule has 2 rings (SSSR count). The number of anilines is 1. The molecule has 2 atom stereocenters. The zero-order chi connectivity index (χ0) is 12.3. The smallest absolute Gasteiger partial charge is 0.128 e. The van der Waals surface area contributed by atoms with E-state index in [4.69, 9.17) is 5.26 Å². The second-order valence-electron chi connectivity index (χ2n) is 4.20. The Labute approximate surface area is 104 Å². The molecule has 90 valence electrons. The summed E-state index contributed by atoms with van der Waals surface area (Å²) in [7, 11) is -0.701. The van der Waals surface area contributed by atoms with Crippen molar-refractivity contribution in [1.29, 1.82) is 5.26 Å². The van der Waals surface area contributed by atoms with Crippen LogP contribution in [0.3, 0.4) is 0 Å². The van der Waals surface area contributed by atoms with Crippen molar-refractivity contribution in [2.24, 2.45) is 0 Å². The Morgan fingerprint density at radius 1 is 1.53 bits per heavy atom. The summed E-state index contributed by atoms with van der Waals surface area (Å²) >= 11 is 0. The highest BCUT2D eigenvalue weighted by Gasteiger charge is 2.20. The number of aromatic nitrogens is 1. The second-order valence-corrected chi connectivity index (χ2v) is 5.89. The van der Waals surface area contributed by atoms with Gasteiger partial charge in [0.2, 0.25) is 0 Å². The van der Waals surface area contributed by atoms with Crippen LogP contribution in [0.2, 0.25) is 0 Å². The fourth-order valence-electron chi connectivity index (χ4n) is 1.94. The highest BCUT2D eigenvalue weighted by molar-refractivity contribution is 7.85. The SMILES string of the molecule is C[C@@H]1CC[S@](=O)CCN1c1ccc(C#N)cn1. The number of hydrogen-bond acceptors (Lipinski definition) is 4. The van der Waals surface area contributed by atoms with Crippen molar-refractivity contribution in [3.05, 3.63) is 23.9 Å². The molecule has 4 nitrogen and oxygen atoms in total. The molecule has 17 heavy (non-hydrogen) atoms. The number of nitriles is 1. The van der Waals surface area contributed by atoms with Crippen LogP contribution < -0.4 is 4.90 Å². The zero-order valence-corrected chi connectivity index (χ0v) is 10.6. The topological polar surface area (TPSA) is 57.0 Å². The standard InChI is InChI=1S/C12H15N3OS/c1-10-4-6-17(16)7-5-15(10)12-3-2-11(8-13)9-14-12/h2-3,9-10H,4-7H2,1H3/t10-,17+/m1/s1. The van der Waals surface area contributed by atoms with Gasteiger partial charge < -0.3 is 4.90 Å². The zero-order valence-electron chi connectivity index (χ0n) is 9.80. The van der Waals surface area contributed by atoms with E-state index in [1.165, 1.54) is 0 Å². The molecule has 0 unspecified atom stereocenters. The Kier molecular flexibility index (Phi) is 3.75. The molecule has 0 aliphatic carbocycles. The lowest BCUT2D eigenvalue weighted by atomic mass is 10.2. The Hall–Kier alpha value is -1.41.